The van der Waals surface area contributed by atoms with Gasteiger partial charge < -0.3 is 10.2 Å². The van der Waals surface area contributed by atoms with Crippen LogP contribution in [0.15, 0.2) is 0 Å². The number of hydrogen-bond donors (Lipinski definition) is 2. The minimum atomic E-state index is -1.00. The third-order valence-corrected chi connectivity index (χ3v) is 1.22. The van der Waals surface area contributed by atoms with Gasteiger partial charge in [0.25, 0.3) is 0 Å². The van der Waals surface area contributed by atoms with Crippen molar-refractivity contribution in [3.05, 3.63) is 5.92 Å². The van der Waals surface area contributed by atoms with E-state index in [4.69, 9.17) is 0 Å². The molecule has 0 bridgehead atoms. The number of hydrogen-bond acceptors (Lipinski definition) is 2. The average molecular weight is 131 g/mol. The predicted molar refractivity (Wildman–Crippen MR) is 36.9 cm³/mol. The molecule has 0 fully saturated rings. The molecule has 0 rings (SSSR count). The maximum absolute atomic E-state index is 9.19. The Kier molecular flexibility index (Phi) is 2.65. The van der Waals surface area contributed by atoms with Gasteiger partial charge in [-0.05, 0) is 13.8 Å². The molecule has 0 aliphatic rings. The highest BCUT2D eigenvalue weighted by Crippen LogP contribution is 2.16. The molecule has 0 aromatic carbocycles. The summed E-state index contributed by atoms with van der Waals surface area (Å²) in [6.45, 7) is 6.76. The Balaban J connectivity index is 3.88. The summed E-state index contributed by atoms with van der Waals surface area (Å²) in [7, 11) is 0. The summed E-state index contributed by atoms with van der Waals surface area (Å²) in [5, 5.41) is 18.4. The summed E-state index contributed by atoms with van der Waals surface area (Å²) < 4.78 is 0. The van der Waals surface area contributed by atoms with Gasteiger partial charge in [-0.2, -0.15) is 0 Å². The first-order valence-corrected chi connectivity index (χ1v) is 3.06. The van der Waals surface area contributed by atoms with Crippen LogP contribution in [0.4, 0.5) is 0 Å². The van der Waals surface area contributed by atoms with Crippen LogP contribution >= 0.6 is 0 Å². The first-order chi connectivity index (χ1) is 3.85. The molecule has 2 nitrogen and oxygen atoms in total. The van der Waals surface area contributed by atoms with Crippen molar-refractivity contribution in [2.24, 2.45) is 0 Å². The molecular weight excluding hydrogens is 116 g/mol. The monoisotopic (exact) mass is 131 g/mol. The van der Waals surface area contributed by atoms with Gasteiger partial charge in [-0.15, -0.1) is 0 Å². The summed E-state index contributed by atoms with van der Waals surface area (Å²) >= 11 is 0. The number of aliphatic hydroxyl groups excluding tert-OH is 1. The predicted octanol–water partition coefficient (Wildman–Crippen LogP) is 0.732. The average Bonchev–Trinajstić information content (AvgIpc) is 1.62. The van der Waals surface area contributed by atoms with Crippen molar-refractivity contribution in [2.45, 2.75) is 39.4 Å². The third-order valence-electron chi connectivity index (χ3n) is 1.22. The van der Waals surface area contributed by atoms with Crippen LogP contribution < -0.4 is 0 Å². The Bertz CT molecular complexity index is 81.4. The number of rotatable bonds is 2. The minimum absolute atomic E-state index is 0.711. The van der Waals surface area contributed by atoms with E-state index in [1.54, 1.807) is 27.7 Å². The third kappa shape index (κ3) is 2.82. The summed E-state index contributed by atoms with van der Waals surface area (Å²) in [5.74, 6) is 0.836. The zero-order valence-corrected chi connectivity index (χ0v) is 6.47. The quantitative estimate of drug-likeness (QED) is 0.580. The highest BCUT2D eigenvalue weighted by atomic mass is 16.3. The molecular formula is C7H15O2. The molecule has 55 valence electrons. The van der Waals surface area contributed by atoms with Crippen LogP contribution in [0.25, 0.3) is 0 Å². The Morgan fingerprint density at radius 2 is 1.67 bits per heavy atom. The fourth-order valence-electron chi connectivity index (χ4n) is 0.706. The van der Waals surface area contributed by atoms with E-state index < -0.39 is 11.7 Å². The van der Waals surface area contributed by atoms with Crippen molar-refractivity contribution >= 4 is 0 Å². The fourth-order valence-corrected chi connectivity index (χ4v) is 0.706. The van der Waals surface area contributed by atoms with Crippen molar-refractivity contribution in [1.29, 1.82) is 0 Å². The first kappa shape index (κ1) is 8.92. The maximum Gasteiger partial charge on any atom is 0.0878 e. The van der Waals surface area contributed by atoms with Crippen molar-refractivity contribution in [1.82, 2.24) is 0 Å². The van der Waals surface area contributed by atoms with E-state index in [-0.39, 0.29) is 0 Å². The second-order valence-electron chi connectivity index (χ2n) is 3.13. The van der Waals surface area contributed by atoms with E-state index in [1.807, 2.05) is 0 Å². The van der Waals surface area contributed by atoms with E-state index in [1.165, 1.54) is 0 Å². The van der Waals surface area contributed by atoms with Crippen LogP contribution in [0.1, 0.15) is 27.7 Å². The lowest BCUT2D eigenvalue weighted by molar-refractivity contribution is -0.0386. The molecule has 0 saturated carbocycles. The molecule has 0 aliphatic carbocycles. The van der Waals surface area contributed by atoms with Crippen molar-refractivity contribution in [2.75, 3.05) is 0 Å². The summed E-state index contributed by atoms with van der Waals surface area (Å²) in [6.07, 6.45) is -0.711. The van der Waals surface area contributed by atoms with Gasteiger partial charge in [-0.25, -0.2) is 0 Å². The van der Waals surface area contributed by atoms with Crippen LogP contribution in [-0.2, 0) is 0 Å². The van der Waals surface area contributed by atoms with Gasteiger partial charge in [-0.1, -0.05) is 13.8 Å². The Labute approximate surface area is 56.5 Å². The van der Waals surface area contributed by atoms with Gasteiger partial charge in [0.05, 0.1) is 11.7 Å². The Hall–Kier alpha value is -0.0800. The van der Waals surface area contributed by atoms with Crippen LogP contribution in [0.3, 0.4) is 0 Å². The standard InChI is InChI=1S/C7H15O2/c1-5(2)6(8)7(3,4)9/h6,8-9H,1-4H3. The van der Waals surface area contributed by atoms with Crippen LogP contribution in [-0.4, -0.2) is 21.9 Å². The zero-order valence-electron chi connectivity index (χ0n) is 6.47. The highest BCUT2D eigenvalue weighted by molar-refractivity contribution is 4.96. The molecule has 0 amide bonds. The molecule has 0 aliphatic heterocycles. The van der Waals surface area contributed by atoms with E-state index in [2.05, 4.69) is 0 Å². The molecule has 9 heavy (non-hydrogen) atoms. The number of aliphatic hydroxyl groups is 2. The second-order valence-corrected chi connectivity index (χ2v) is 3.13. The largest absolute Gasteiger partial charge is 0.390 e. The topological polar surface area (TPSA) is 40.5 Å². The Morgan fingerprint density at radius 3 is 1.67 bits per heavy atom. The van der Waals surface area contributed by atoms with Gasteiger partial charge in [0, 0.05) is 5.92 Å². The van der Waals surface area contributed by atoms with Crippen LogP contribution in [0.2, 0.25) is 0 Å². The SMILES string of the molecule is C[C](C)C(O)C(C)(C)O. The normalized spacial score (nSPS) is 16.3. The molecule has 0 heterocycles. The second kappa shape index (κ2) is 2.67. The molecule has 0 aromatic rings. The van der Waals surface area contributed by atoms with Gasteiger partial charge in [0.1, 0.15) is 0 Å². The lowest BCUT2D eigenvalue weighted by Gasteiger charge is -2.26. The Morgan fingerprint density at radius 1 is 1.33 bits per heavy atom. The summed E-state index contributed by atoms with van der Waals surface area (Å²) in [6, 6.07) is 0. The summed E-state index contributed by atoms with van der Waals surface area (Å²) in [4.78, 5) is 0. The van der Waals surface area contributed by atoms with Crippen molar-refractivity contribution in [3.63, 3.8) is 0 Å². The fraction of sp³-hybridized carbons (Fsp3) is 0.857. The highest BCUT2D eigenvalue weighted by Gasteiger charge is 2.26. The van der Waals surface area contributed by atoms with Crippen LogP contribution in [0, 0.1) is 5.92 Å². The molecule has 2 N–H and O–H groups in total. The molecule has 1 unspecified atom stereocenters. The van der Waals surface area contributed by atoms with Crippen LogP contribution in [0.5, 0.6) is 0 Å². The van der Waals surface area contributed by atoms with E-state index in [0.717, 1.165) is 5.92 Å². The molecule has 0 spiro atoms. The molecule has 0 aromatic heterocycles. The van der Waals surface area contributed by atoms with Crippen molar-refractivity contribution < 1.29 is 10.2 Å². The smallest absolute Gasteiger partial charge is 0.0878 e. The van der Waals surface area contributed by atoms with Gasteiger partial charge >= 0.3 is 0 Å². The molecule has 1 radical (unpaired) electrons. The van der Waals surface area contributed by atoms with Gasteiger partial charge in [-0.3, -0.25) is 0 Å². The summed E-state index contributed by atoms with van der Waals surface area (Å²) in [5.41, 5.74) is -1.00. The maximum atomic E-state index is 9.19. The lowest BCUT2D eigenvalue weighted by Crippen LogP contribution is -2.38. The lowest BCUT2D eigenvalue weighted by atomic mass is 9.93. The molecule has 1 atom stereocenters. The van der Waals surface area contributed by atoms with E-state index in [0.29, 0.717) is 0 Å². The minimum Gasteiger partial charge on any atom is -0.390 e. The van der Waals surface area contributed by atoms with Gasteiger partial charge in [0.2, 0.25) is 0 Å². The van der Waals surface area contributed by atoms with E-state index in [9.17, 15) is 10.2 Å². The zero-order chi connectivity index (χ0) is 7.65. The molecule has 0 saturated heterocycles. The van der Waals surface area contributed by atoms with Crippen molar-refractivity contribution in [3.8, 4) is 0 Å². The van der Waals surface area contributed by atoms with Gasteiger partial charge in [0.15, 0.2) is 0 Å². The van der Waals surface area contributed by atoms with E-state index >= 15 is 0 Å². The molecule has 2 heteroatoms. The first-order valence-electron chi connectivity index (χ1n) is 3.06.